The van der Waals surface area contributed by atoms with Gasteiger partial charge in [0.25, 0.3) is 11.6 Å². The lowest BCUT2D eigenvalue weighted by atomic mass is 9.92. The average Bonchev–Trinajstić information content (AvgIpc) is 2.96. The van der Waals surface area contributed by atoms with E-state index in [0.29, 0.717) is 11.1 Å². The Hall–Kier alpha value is -3.55. The highest BCUT2D eigenvalue weighted by Gasteiger charge is 2.49. The number of nitro groups is 1. The van der Waals surface area contributed by atoms with Crippen molar-refractivity contribution in [3.05, 3.63) is 75.3 Å². The van der Waals surface area contributed by atoms with Crippen molar-refractivity contribution in [3.63, 3.8) is 0 Å². The topological polar surface area (TPSA) is 110 Å². The number of benzene rings is 2. The number of urea groups is 1. The van der Waals surface area contributed by atoms with Gasteiger partial charge >= 0.3 is 6.03 Å². The van der Waals surface area contributed by atoms with Crippen molar-refractivity contribution in [2.45, 2.75) is 38.6 Å². The Morgan fingerprint density at radius 2 is 1.73 bits per heavy atom. The quantitative estimate of drug-likeness (QED) is 0.310. The smallest absolute Gasteiger partial charge is 0.319 e. The summed E-state index contributed by atoms with van der Waals surface area (Å²) in [4.78, 5) is 49.2. The number of imide groups is 1. The SMILES string of the molecule is CCCCc1ccc(C(=O)CN2C(=O)N[C@](C)(c3ccc([N+](=O)[O-])cc3)C2=O)cc1. The summed E-state index contributed by atoms with van der Waals surface area (Å²) in [7, 11) is 0. The molecule has 3 rings (SSSR count). The van der Waals surface area contributed by atoms with Crippen LogP contribution in [0.1, 0.15) is 48.2 Å². The van der Waals surface area contributed by atoms with Crippen LogP contribution in [0.25, 0.3) is 0 Å². The number of nitrogens with zero attached hydrogens (tertiary/aromatic N) is 2. The van der Waals surface area contributed by atoms with E-state index in [1.54, 1.807) is 12.1 Å². The van der Waals surface area contributed by atoms with Crippen LogP contribution in [0.5, 0.6) is 0 Å². The molecule has 1 heterocycles. The number of carbonyl (C=O) groups excluding carboxylic acids is 3. The van der Waals surface area contributed by atoms with Gasteiger partial charge in [0.1, 0.15) is 5.54 Å². The number of aryl methyl sites for hydroxylation is 1. The van der Waals surface area contributed by atoms with Gasteiger partial charge in [-0.1, -0.05) is 37.6 Å². The molecule has 0 aliphatic carbocycles. The Morgan fingerprint density at radius 1 is 1.10 bits per heavy atom. The maximum absolute atomic E-state index is 13.0. The minimum Gasteiger partial charge on any atom is -0.319 e. The number of amides is 3. The van der Waals surface area contributed by atoms with Crippen molar-refractivity contribution < 1.29 is 19.3 Å². The number of unbranched alkanes of at least 4 members (excludes halogenated alkanes) is 1. The maximum Gasteiger partial charge on any atom is 0.325 e. The molecule has 0 aromatic heterocycles. The van der Waals surface area contributed by atoms with Crippen LogP contribution in [0.4, 0.5) is 10.5 Å². The van der Waals surface area contributed by atoms with Crippen LogP contribution in [-0.2, 0) is 16.8 Å². The fourth-order valence-electron chi connectivity index (χ4n) is 3.43. The van der Waals surface area contributed by atoms with Crippen LogP contribution >= 0.6 is 0 Å². The molecule has 0 saturated carbocycles. The Kier molecular flexibility index (Phi) is 5.96. The van der Waals surface area contributed by atoms with Gasteiger partial charge in [0.15, 0.2) is 5.78 Å². The predicted octanol–water partition coefficient (Wildman–Crippen LogP) is 3.59. The van der Waals surface area contributed by atoms with E-state index < -0.39 is 22.4 Å². The number of ketones is 1. The lowest BCUT2D eigenvalue weighted by Gasteiger charge is -2.22. The summed E-state index contributed by atoms with van der Waals surface area (Å²) in [5.74, 6) is -0.914. The standard InChI is InChI=1S/C22H23N3O5/c1-3-4-5-15-6-8-16(9-7-15)19(26)14-24-20(27)22(2,23-21(24)28)17-10-12-18(13-11-17)25(29)30/h6-13H,3-5,14H2,1-2H3,(H,23,28)/t22-/m1/s1. The molecule has 3 amide bonds. The molecule has 0 bridgehead atoms. The molecule has 2 aromatic carbocycles. The van der Waals surface area contributed by atoms with Crippen LogP contribution in [0.3, 0.4) is 0 Å². The van der Waals surface area contributed by atoms with Gasteiger partial charge in [0, 0.05) is 17.7 Å². The number of hydrogen-bond acceptors (Lipinski definition) is 5. The van der Waals surface area contributed by atoms with Crippen LogP contribution in [0.15, 0.2) is 48.5 Å². The first-order chi connectivity index (χ1) is 14.3. The highest BCUT2D eigenvalue weighted by atomic mass is 16.6. The molecule has 8 nitrogen and oxygen atoms in total. The van der Waals surface area contributed by atoms with Crippen molar-refractivity contribution in [1.82, 2.24) is 10.2 Å². The molecular weight excluding hydrogens is 386 g/mol. The molecule has 1 saturated heterocycles. The number of nitro benzene ring substituents is 1. The molecular formula is C22H23N3O5. The zero-order valence-electron chi connectivity index (χ0n) is 16.9. The van der Waals surface area contributed by atoms with E-state index in [2.05, 4.69) is 12.2 Å². The van der Waals surface area contributed by atoms with Gasteiger partial charge in [0.05, 0.1) is 11.5 Å². The number of hydrogen-bond donors (Lipinski definition) is 1. The van der Waals surface area contributed by atoms with Gasteiger partial charge in [-0.25, -0.2) is 4.79 Å². The molecule has 0 spiro atoms. The van der Waals surface area contributed by atoms with Gasteiger partial charge < -0.3 is 5.32 Å². The van der Waals surface area contributed by atoms with E-state index in [9.17, 15) is 24.5 Å². The molecule has 1 atom stereocenters. The van der Waals surface area contributed by atoms with E-state index in [1.165, 1.54) is 31.2 Å². The van der Waals surface area contributed by atoms with Gasteiger partial charge in [-0.3, -0.25) is 24.6 Å². The number of non-ortho nitro benzene ring substituents is 1. The first-order valence-corrected chi connectivity index (χ1v) is 9.77. The second kappa shape index (κ2) is 8.44. The van der Waals surface area contributed by atoms with E-state index in [1.807, 2.05) is 12.1 Å². The molecule has 1 aliphatic heterocycles. The highest BCUT2D eigenvalue weighted by molar-refractivity contribution is 6.11. The number of Topliss-reactive ketones (excluding diaryl/α,β-unsaturated/α-hetero) is 1. The normalized spacial score (nSPS) is 18.4. The Balaban J connectivity index is 1.74. The molecule has 8 heteroatoms. The zero-order chi connectivity index (χ0) is 21.9. The summed E-state index contributed by atoms with van der Waals surface area (Å²) in [6, 6.07) is 11.9. The molecule has 0 unspecified atom stereocenters. The Morgan fingerprint density at radius 3 is 2.30 bits per heavy atom. The third-order valence-electron chi connectivity index (χ3n) is 5.33. The van der Waals surface area contributed by atoms with Crippen LogP contribution in [-0.4, -0.2) is 34.1 Å². The lowest BCUT2D eigenvalue weighted by Crippen LogP contribution is -2.41. The summed E-state index contributed by atoms with van der Waals surface area (Å²) in [5, 5.41) is 13.4. The van der Waals surface area contributed by atoms with Gasteiger partial charge in [0.2, 0.25) is 0 Å². The molecule has 1 aliphatic rings. The average molecular weight is 409 g/mol. The third-order valence-corrected chi connectivity index (χ3v) is 5.33. The van der Waals surface area contributed by atoms with Crippen LogP contribution in [0, 0.1) is 10.1 Å². The van der Waals surface area contributed by atoms with E-state index in [4.69, 9.17) is 0 Å². The maximum atomic E-state index is 13.0. The molecule has 156 valence electrons. The lowest BCUT2D eigenvalue weighted by molar-refractivity contribution is -0.384. The van der Waals surface area contributed by atoms with E-state index in [-0.39, 0.29) is 18.0 Å². The zero-order valence-corrected chi connectivity index (χ0v) is 16.9. The fourth-order valence-corrected chi connectivity index (χ4v) is 3.43. The van der Waals surface area contributed by atoms with Crippen molar-refractivity contribution in [3.8, 4) is 0 Å². The van der Waals surface area contributed by atoms with E-state index >= 15 is 0 Å². The van der Waals surface area contributed by atoms with Crippen LogP contribution < -0.4 is 5.32 Å². The monoisotopic (exact) mass is 409 g/mol. The summed E-state index contributed by atoms with van der Waals surface area (Å²) >= 11 is 0. The predicted molar refractivity (Wildman–Crippen MR) is 110 cm³/mol. The van der Waals surface area contributed by atoms with Crippen molar-refractivity contribution in [1.29, 1.82) is 0 Å². The van der Waals surface area contributed by atoms with Crippen molar-refractivity contribution in [2.75, 3.05) is 6.54 Å². The highest BCUT2D eigenvalue weighted by Crippen LogP contribution is 2.30. The summed E-state index contributed by atoms with van der Waals surface area (Å²) in [6.07, 6.45) is 3.09. The second-order valence-corrected chi connectivity index (χ2v) is 7.47. The molecule has 1 N–H and O–H groups in total. The van der Waals surface area contributed by atoms with Crippen molar-refractivity contribution in [2.24, 2.45) is 0 Å². The minimum absolute atomic E-state index is 0.117. The second-order valence-electron chi connectivity index (χ2n) is 7.47. The van der Waals surface area contributed by atoms with Gasteiger partial charge in [-0.05, 0) is 43.0 Å². The molecule has 1 fully saturated rings. The number of rotatable bonds is 8. The Labute approximate surface area is 174 Å². The van der Waals surface area contributed by atoms with Gasteiger partial charge in [-0.15, -0.1) is 0 Å². The van der Waals surface area contributed by atoms with Crippen LogP contribution in [0.2, 0.25) is 0 Å². The third kappa shape index (κ3) is 4.07. The minimum atomic E-state index is -1.39. The largest absolute Gasteiger partial charge is 0.325 e. The molecule has 0 radical (unpaired) electrons. The number of carbonyl (C=O) groups is 3. The van der Waals surface area contributed by atoms with Gasteiger partial charge in [-0.2, -0.15) is 0 Å². The summed E-state index contributed by atoms with van der Waals surface area (Å²) in [6.45, 7) is 3.25. The van der Waals surface area contributed by atoms with E-state index in [0.717, 1.165) is 29.7 Å². The summed E-state index contributed by atoms with van der Waals surface area (Å²) < 4.78 is 0. The fraction of sp³-hybridized carbons (Fsp3) is 0.318. The first-order valence-electron chi connectivity index (χ1n) is 9.77. The number of nitrogens with one attached hydrogen (secondary N) is 1. The molecule has 2 aromatic rings. The first kappa shape index (κ1) is 21.2. The molecule has 30 heavy (non-hydrogen) atoms. The Bertz CT molecular complexity index is 985. The summed E-state index contributed by atoms with van der Waals surface area (Å²) in [5.41, 5.74) is 0.459. The van der Waals surface area contributed by atoms with Crippen molar-refractivity contribution >= 4 is 23.4 Å².